The standard InChI is InChI=1S/C17H18N4O3/c1-19(10-4-9-18)13-7-5-12(6-8-13)11-14-15(22)20(2)17(24)21(3)16(14)23/h5-8,11H,4,10H2,1-3H3. The Hall–Kier alpha value is -3.14. The van der Waals surface area contributed by atoms with E-state index in [9.17, 15) is 14.4 Å². The highest BCUT2D eigenvalue weighted by Gasteiger charge is 2.37. The number of nitriles is 1. The molecule has 0 saturated carbocycles. The molecule has 0 atom stereocenters. The summed E-state index contributed by atoms with van der Waals surface area (Å²) in [5.74, 6) is -1.23. The Morgan fingerprint density at radius 2 is 1.62 bits per heavy atom. The minimum Gasteiger partial charge on any atom is -0.374 e. The third-order valence-electron chi connectivity index (χ3n) is 3.85. The van der Waals surface area contributed by atoms with Crippen molar-refractivity contribution in [3.8, 4) is 6.07 Å². The highest BCUT2D eigenvalue weighted by molar-refractivity contribution is 6.30. The van der Waals surface area contributed by atoms with Crippen LogP contribution in [0.4, 0.5) is 10.5 Å². The van der Waals surface area contributed by atoms with E-state index < -0.39 is 17.8 Å². The van der Waals surface area contributed by atoms with Crippen molar-refractivity contribution in [3.63, 3.8) is 0 Å². The van der Waals surface area contributed by atoms with Crippen LogP contribution in [0, 0.1) is 11.3 Å². The highest BCUT2D eigenvalue weighted by Crippen LogP contribution is 2.20. The van der Waals surface area contributed by atoms with Gasteiger partial charge in [-0.3, -0.25) is 19.4 Å². The molecule has 1 aliphatic rings. The first-order chi connectivity index (χ1) is 11.4. The molecular formula is C17H18N4O3. The Kier molecular flexibility index (Phi) is 4.99. The largest absolute Gasteiger partial charge is 0.374 e. The van der Waals surface area contributed by atoms with E-state index in [-0.39, 0.29) is 5.57 Å². The molecule has 0 aliphatic carbocycles. The molecule has 1 aromatic carbocycles. The number of benzene rings is 1. The molecule has 24 heavy (non-hydrogen) atoms. The number of imide groups is 2. The first-order valence-electron chi connectivity index (χ1n) is 7.36. The summed E-state index contributed by atoms with van der Waals surface area (Å²) in [4.78, 5) is 39.8. The van der Waals surface area contributed by atoms with E-state index in [4.69, 9.17) is 5.26 Å². The van der Waals surface area contributed by atoms with Gasteiger partial charge >= 0.3 is 6.03 Å². The van der Waals surface area contributed by atoms with Crippen molar-refractivity contribution in [1.82, 2.24) is 9.80 Å². The number of hydrogen-bond acceptors (Lipinski definition) is 5. The summed E-state index contributed by atoms with van der Waals surface area (Å²) in [6.07, 6.45) is 1.90. The molecule has 0 bridgehead atoms. The lowest BCUT2D eigenvalue weighted by Gasteiger charge is -2.28. The number of barbiturate groups is 1. The molecule has 0 spiro atoms. The molecule has 2 rings (SSSR count). The molecule has 0 aromatic heterocycles. The molecule has 7 heteroatoms. The SMILES string of the molecule is CN1C(=O)C(=Cc2ccc(N(C)CCC#N)cc2)C(=O)N(C)C1=O. The Balaban J connectivity index is 2.24. The Labute approximate surface area is 140 Å². The van der Waals surface area contributed by atoms with Gasteiger partial charge in [0.25, 0.3) is 11.8 Å². The molecule has 7 nitrogen and oxygen atoms in total. The van der Waals surface area contributed by atoms with Crippen LogP contribution in [-0.2, 0) is 9.59 Å². The number of carbonyl (C=O) groups is 3. The molecule has 0 unspecified atom stereocenters. The monoisotopic (exact) mass is 326 g/mol. The number of rotatable bonds is 4. The van der Waals surface area contributed by atoms with Gasteiger partial charge in [0.2, 0.25) is 0 Å². The zero-order valence-corrected chi connectivity index (χ0v) is 13.8. The summed E-state index contributed by atoms with van der Waals surface area (Å²) in [5.41, 5.74) is 1.56. The van der Waals surface area contributed by atoms with Gasteiger partial charge in [0.1, 0.15) is 5.57 Å². The van der Waals surface area contributed by atoms with Crippen molar-refractivity contribution < 1.29 is 14.4 Å². The second-order valence-corrected chi connectivity index (χ2v) is 5.49. The van der Waals surface area contributed by atoms with Gasteiger partial charge in [0, 0.05) is 33.4 Å². The lowest BCUT2D eigenvalue weighted by atomic mass is 10.1. The van der Waals surface area contributed by atoms with Crippen LogP contribution in [0.25, 0.3) is 6.08 Å². The minimum atomic E-state index is -0.642. The van der Waals surface area contributed by atoms with E-state index in [1.54, 1.807) is 12.1 Å². The second-order valence-electron chi connectivity index (χ2n) is 5.49. The van der Waals surface area contributed by atoms with Gasteiger partial charge in [-0.2, -0.15) is 5.26 Å². The molecule has 0 N–H and O–H groups in total. The van der Waals surface area contributed by atoms with E-state index in [1.165, 1.54) is 20.2 Å². The van der Waals surface area contributed by atoms with Crippen molar-refractivity contribution in [2.45, 2.75) is 6.42 Å². The Morgan fingerprint density at radius 3 is 2.12 bits per heavy atom. The second kappa shape index (κ2) is 6.96. The summed E-state index contributed by atoms with van der Waals surface area (Å²) >= 11 is 0. The lowest BCUT2D eigenvalue weighted by molar-refractivity contribution is -0.134. The fraction of sp³-hybridized carbons (Fsp3) is 0.294. The molecule has 0 radical (unpaired) electrons. The van der Waals surface area contributed by atoms with Gasteiger partial charge in [-0.15, -0.1) is 0 Å². The van der Waals surface area contributed by atoms with Crippen molar-refractivity contribution in [1.29, 1.82) is 5.26 Å². The average Bonchev–Trinajstić information content (AvgIpc) is 2.60. The van der Waals surface area contributed by atoms with Crippen molar-refractivity contribution >= 4 is 29.6 Å². The van der Waals surface area contributed by atoms with Crippen molar-refractivity contribution in [2.24, 2.45) is 0 Å². The van der Waals surface area contributed by atoms with Gasteiger partial charge in [-0.25, -0.2) is 4.79 Å². The summed E-state index contributed by atoms with van der Waals surface area (Å²) in [6, 6.07) is 8.71. The van der Waals surface area contributed by atoms with E-state index in [1.807, 2.05) is 24.1 Å². The van der Waals surface area contributed by atoms with Crippen LogP contribution in [0.15, 0.2) is 29.8 Å². The van der Waals surface area contributed by atoms with Gasteiger partial charge in [0.15, 0.2) is 0 Å². The fourth-order valence-corrected chi connectivity index (χ4v) is 2.31. The van der Waals surface area contributed by atoms with Crippen LogP contribution in [0.2, 0.25) is 0 Å². The van der Waals surface area contributed by atoms with Gasteiger partial charge in [-0.05, 0) is 23.8 Å². The molecule has 1 aromatic rings. The maximum atomic E-state index is 12.1. The number of hydrogen-bond donors (Lipinski definition) is 0. The highest BCUT2D eigenvalue weighted by atomic mass is 16.2. The minimum absolute atomic E-state index is 0.0508. The van der Waals surface area contributed by atoms with E-state index in [0.717, 1.165) is 15.5 Å². The van der Waals surface area contributed by atoms with Crippen molar-refractivity contribution in [2.75, 3.05) is 32.6 Å². The molecule has 1 aliphatic heterocycles. The van der Waals surface area contributed by atoms with Crippen LogP contribution in [0.1, 0.15) is 12.0 Å². The maximum Gasteiger partial charge on any atom is 0.333 e. The maximum absolute atomic E-state index is 12.1. The quantitative estimate of drug-likeness (QED) is 0.618. The summed E-state index contributed by atoms with van der Waals surface area (Å²) in [7, 11) is 4.57. The van der Waals surface area contributed by atoms with E-state index in [0.29, 0.717) is 18.5 Å². The van der Waals surface area contributed by atoms with Crippen LogP contribution in [0.5, 0.6) is 0 Å². The fourth-order valence-electron chi connectivity index (χ4n) is 2.31. The Bertz CT molecular complexity index is 720. The van der Waals surface area contributed by atoms with E-state index >= 15 is 0 Å². The molecule has 4 amide bonds. The van der Waals surface area contributed by atoms with Crippen LogP contribution in [-0.4, -0.2) is 55.3 Å². The molecule has 1 heterocycles. The average molecular weight is 326 g/mol. The predicted octanol–water partition coefficient (Wildman–Crippen LogP) is 1.47. The smallest absolute Gasteiger partial charge is 0.333 e. The first kappa shape index (κ1) is 17.2. The van der Waals surface area contributed by atoms with Gasteiger partial charge in [0.05, 0.1) is 12.5 Å². The van der Waals surface area contributed by atoms with Gasteiger partial charge < -0.3 is 4.90 Å². The number of likely N-dealkylation sites (N-methyl/N-ethyl adjacent to an activating group) is 2. The molecular weight excluding hydrogens is 308 g/mol. The summed E-state index contributed by atoms with van der Waals surface area (Å²) < 4.78 is 0. The van der Waals surface area contributed by atoms with Crippen LogP contribution < -0.4 is 4.90 Å². The zero-order chi connectivity index (χ0) is 17.9. The third-order valence-corrected chi connectivity index (χ3v) is 3.85. The Morgan fingerprint density at radius 1 is 1.08 bits per heavy atom. The predicted molar refractivity (Wildman–Crippen MR) is 88.9 cm³/mol. The topological polar surface area (TPSA) is 84.7 Å². The molecule has 1 saturated heterocycles. The third kappa shape index (κ3) is 3.27. The summed E-state index contributed by atoms with van der Waals surface area (Å²) in [5, 5.41) is 8.62. The van der Waals surface area contributed by atoms with Gasteiger partial charge in [-0.1, -0.05) is 12.1 Å². The van der Waals surface area contributed by atoms with E-state index in [2.05, 4.69) is 6.07 Å². The number of urea groups is 1. The molecule has 124 valence electrons. The number of anilines is 1. The van der Waals surface area contributed by atoms with Crippen molar-refractivity contribution in [3.05, 3.63) is 35.4 Å². The summed E-state index contributed by atoms with van der Waals surface area (Å²) in [6.45, 7) is 0.617. The molecule has 1 fully saturated rings. The number of amides is 4. The zero-order valence-electron chi connectivity index (χ0n) is 13.8. The lowest BCUT2D eigenvalue weighted by Crippen LogP contribution is -2.52. The van der Waals surface area contributed by atoms with Crippen LogP contribution in [0.3, 0.4) is 0 Å². The first-order valence-corrected chi connectivity index (χ1v) is 7.36. The number of carbonyl (C=O) groups excluding carboxylic acids is 3. The van der Waals surface area contributed by atoms with Crippen LogP contribution >= 0.6 is 0 Å². The number of nitrogens with zero attached hydrogens (tertiary/aromatic N) is 4. The normalized spacial score (nSPS) is 14.8.